The first-order valence-corrected chi connectivity index (χ1v) is 5.87. The average molecular weight is 269 g/mol. The molecule has 0 aliphatic heterocycles. The van der Waals surface area contributed by atoms with Gasteiger partial charge in [0.1, 0.15) is 5.75 Å². The SMILES string of the molecule is CC[C@@H]1Cc2c(Br)ccc(OC)c2C1=O. The molecule has 0 bridgehead atoms. The Kier molecular flexibility index (Phi) is 2.83. The van der Waals surface area contributed by atoms with Gasteiger partial charge in [-0.05, 0) is 30.5 Å². The van der Waals surface area contributed by atoms with Crippen molar-refractivity contribution in [2.24, 2.45) is 5.92 Å². The molecule has 1 aromatic rings. The number of halogens is 1. The maximum absolute atomic E-state index is 12.1. The molecule has 1 atom stereocenters. The molecule has 0 N–H and O–H groups in total. The Balaban J connectivity index is 2.56. The van der Waals surface area contributed by atoms with E-state index < -0.39 is 0 Å². The summed E-state index contributed by atoms with van der Waals surface area (Å²) in [6, 6.07) is 3.79. The molecule has 3 heteroatoms. The van der Waals surface area contributed by atoms with Crippen LogP contribution in [0.2, 0.25) is 0 Å². The van der Waals surface area contributed by atoms with Gasteiger partial charge in [-0.3, -0.25) is 4.79 Å². The predicted octanol–water partition coefficient (Wildman–Crippen LogP) is 3.22. The number of fused-ring (bicyclic) bond motifs is 1. The van der Waals surface area contributed by atoms with Gasteiger partial charge in [-0.1, -0.05) is 22.9 Å². The molecule has 2 nitrogen and oxygen atoms in total. The molecule has 0 saturated carbocycles. The van der Waals surface area contributed by atoms with E-state index in [4.69, 9.17) is 4.74 Å². The number of ketones is 1. The van der Waals surface area contributed by atoms with Gasteiger partial charge in [0.2, 0.25) is 0 Å². The van der Waals surface area contributed by atoms with E-state index in [0.29, 0.717) is 5.75 Å². The van der Waals surface area contributed by atoms with Crippen LogP contribution in [0.25, 0.3) is 0 Å². The number of hydrogen-bond donors (Lipinski definition) is 0. The van der Waals surface area contributed by atoms with E-state index in [1.807, 2.05) is 12.1 Å². The summed E-state index contributed by atoms with van der Waals surface area (Å²) in [6.07, 6.45) is 1.73. The first kappa shape index (κ1) is 10.7. The van der Waals surface area contributed by atoms with Crippen molar-refractivity contribution in [1.29, 1.82) is 0 Å². The monoisotopic (exact) mass is 268 g/mol. The third kappa shape index (κ3) is 1.59. The predicted molar refractivity (Wildman–Crippen MR) is 62.5 cm³/mol. The molecule has 2 rings (SSSR count). The summed E-state index contributed by atoms with van der Waals surface area (Å²) < 4.78 is 6.25. The van der Waals surface area contributed by atoms with E-state index in [1.54, 1.807) is 7.11 Å². The van der Waals surface area contributed by atoms with E-state index >= 15 is 0 Å². The van der Waals surface area contributed by atoms with Gasteiger partial charge in [0, 0.05) is 10.4 Å². The molecular formula is C12H13BrO2. The number of benzene rings is 1. The molecular weight excluding hydrogens is 256 g/mol. The Morgan fingerprint density at radius 2 is 2.27 bits per heavy atom. The molecule has 0 amide bonds. The molecule has 0 spiro atoms. The number of rotatable bonds is 2. The highest BCUT2D eigenvalue weighted by molar-refractivity contribution is 9.10. The number of carbonyl (C=O) groups is 1. The van der Waals surface area contributed by atoms with Crippen LogP contribution in [0.1, 0.15) is 29.3 Å². The van der Waals surface area contributed by atoms with Crippen molar-refractivity contribution >= 4 is 21.7 Å². The fourth-order valence-electron chi connectivity index (χ4n) is 2.11. The Labute approximate surface area is 97.8 Å². The van der Waals surface area contributed by atoms with Gasteiger partial charge in [-0.25, -0.2) is 0 Å². The first-order valence-electron chi connectivity index (χ1n) is 5.08. The highest BCUT2D eigenvalue weighted by atomic mass is 79.9. The van der Waals surface area contributed by atoms with Crippen molar-refractivity contribution in [3.05, 3.63) is 27.7 Å². The zero-order chi connectivity index (χ0) is 11.0. The standard InChI is InChI=1S/C12H13BrO2/c1-3-7-6-8-9(13)4-5-10(15-2)11(8)12(7)14/h4-5,7H,3,6H2,1-2H3/t7-/m1/s1. The van der Waals surface area contributed by atoms with Crippen LogP contribution in [0.3, 0.4) is 0 Å². The van der Waals surface area contributed by atoms with Crippen LogP contribution in [-0.4, -0.2) is 12.9 Å². The van der Waals surface area contributed by atoms with Crippen LogP contribution >= 0.6 is 15.9 Å². The summed E-state index contributed by atoms with van der Waals surface area (Å²) >= 11 is 3.49. The van der Waals surface area contributed by atoms with Gasteiger partial charge in [-0.2, -0.15) is 0 Å². The highest BCUT2D eigenvalue weighted by Gasteiger charge is 2.33. The largest absolute Gasteiger partial charge is 0.496 e. The molecule has 1 aliphatic carbocycles. The van der Waals surface area contributed by atoms with Crippen molar-refractivity contribution in [3.8, 4) is 5.75 Å². The van der Waals surface area contributed by atoms with Gasteiger partial charge in [0.25, 0.3) is 0 Å². The van der Waals surface area contributed by atoms with Crippen molar-refractivity contribution in [1.82, 2.24) is 0 Å². The van der Waals surface area contributed by atoms with Gasteiger partial charge < -0.3 is 4.74 Å². The number of methoxy groups -OCH3 is 1. The molecule has 1 aliphatic rings. The molecule has 15 heavy (non-hydrogen) atoms. The average Bonchev–Trinajstić information content (AvgIpc) is 2.58. The summed E-state index contributed by atoms with van der Waals surface area (Å²) in [5.41, 5.74) is 1.88. The summed E-state index contributed by atoms with van der Waals surface area (Å²) in [6.45, 7) is 2.05. The van der Waals surface area contributed by atoms with Crippen molar-refractivity contribution in [2.45, 2.75) is 19.8 Å². The molecule has 0 aromatic heterocycles. The van der Waals surface area contributed by atoms with Crippen LogP contribution in [0, 0.1) is 5.92 Å². The van der Waals surface area contributed by atoms with Crippen LogP contribution < -0.4 is 4.74 Å². The lowest BCUT2D eigenvalue weighted by molar-refractivity contribution is 0.0931. The maximum Gasteiger partial charge on any atom is 0.170 e. The molecule has 80 valence electrons. The number of Topliss-reactive ketones (excluding diaryl/α,β-unsaturated/α-hetero) is 1. The molecule has 0 saturated heterocycles. The van der Waals surface area contributed by atoms with E-state index in [-0.39, 0.29) is 11.7 Å². The fourth-order valence-corrected chi connectivity index (χ4v) is 2.61. The first-order chi connectivity index (χ1) is 7.19. The van der Waals surface area contributed by atoms with E-state index in [9.17, 15) is 4.79 Å². The minimum Gasteiger partial charge on any atom is -0.496 e. The number of ether oxygens (including phenoxy) is 1. The Bertz CT molecular complexity index is 412. The van der Waals surface area contributed by atoms with Gasteiger partial charge in [-0.15, -0.1) is 0 Å². The van der Waals surface area contributed by atoms with Crippen LogP contribution in [0.5, 0.6) is 5.75 Å². The van der Waals surface area contributed by atoms with Crippen LogP contribution in [-0.2, 0) is 6.42 Å². The van der Waals surface area contributed by atoms with Crippen molar-refractivity contribution in [2.75, 3.05) is 7.11 Å². The summed E-state index contributed by atoms with van der Waals surface area (Å²) in [4.78, 5) is 12.1. The smallest absolute Gasteiger partial charge is 0.170 e. The third-order valence-electron chi connectivity index (χ3n) is 3.00. The zero-order valence-electron chi connectivity index (χ0n) is 8.84. The molecule has 0 unspecified atom stereocenters. The summed E-state index contributed by atoms with van der Waals surface area (Å²) in [5.74, 6) is 1.06. The van der Waals surface area contributed by atoms with Gasteiger partial charge in [0.15, 0.2) is 5.78 Å². The molecule has 1 aromatic carbocycles. The third-order valence-corrected chi connectivity index (χ3v) is 3.74. The van der Waals surface area contributed by atoms with E-state index in [2.05, 4.69) is 22.9 Å². The lowest BCUT2D eigenvalue weighted by atomic mass is 10.0. The normalized spacial score (nSPS) is 19.1. The lowest BCUT2D eigenvalue weighted by Crippen LogP contribution is -2.07. The molecule has 0 fully saturated rings. The van der Waals surface area contributed by atoms with Crippen LogP contribution in [0.15, 0.2) is 16.6 Å². The zero-order valence-corrected chi connectivity index (χ0v) is 10.4. The Hall–Kier alpha value is -0.830. The van der Waals surface area contributed by atoms with Crippen molar-refractivity contribution in [3.63, 3.8) is 0 Å². The second-order valence-corrected chi connectivity index (χ2v) is 4.63. The van der Waals surface area contributed by atoms with Crippen LogP contribution in [0.4, 0.5) is 0 Å². The topological polar surface area (TPSA) is 26.3 Å². The Morgan fingerprint density at radius 1 is 1.53 bits per heavy atom. The minimum absolute atomic E-state index is 0.132. The summed E-state index contributed by atoms with van der Waals surface area (Å²) in [5, 5.41) is 0. The van der Waals surface area contributed by atoms with Gasteiger partial charge >= 0.3 is 0 Å². The molecule has 0 heterocycles. The minimum atomic E-state index is 0.132. The fraction of sp³-hybridized carbons (Fsp3) is 0.417. The number of hydrogen-bond acceptors (Lipinski definition) is 2. The second kappa shape index (κ2) is 3.97. The quantitative estimate of drug-likeness (QED) is 0.824. The lowest BCUT2D eigenvalue weighted by Gasteiger charge is -2.07. The van der Waals surface area contributed by atoms with Gasteiger partial charge in [0.05, 0.1) is 12.7 Å². The summed E-state index contributed by atoms with van der Waals surface area (Å²) in [7, 11) is 1.61. The van der Waals surface area contributed by atoms with Crippen molar-refractivity contribution < 1.29 is 9.53 Å². The molecule has 0 radical (unpaired) electrons. The number of carbonyl (C=O) groups excluding carboxylic acids is 1. The second-order valence-electron chi connectivity index (χ2n) is 3.78. The Morgan fingerprint density at radius 3 is 2.87 bits per heavy atom. The highest BCUT2D eigenvalue weighted by Crippen LogP contribution is 2.39. The van der Waals surface area contributed by atoms with E-state index in [0.717, 1.165) is 28.4 Å². The maximum atomic E-state index is 12.1. The van der Waals surface area contributed by atoms with E-state index in [1.165, 1.54) is 0 Å².